The molecule has 11 aromatic rings. The Morgan fingerprint density at radius 2 is 0.727 bits per heavy atom. The lowest BCUT2D eigenvalue weighted by Crippen LogP contribution is -2.55. The molecular formula is C54H30B5N7. The third kappa shape index (κ3) is 7.11. The summed E-state index contributed by atoms with van der Waals surface area (Å²) in [5.74, 6) is 2.34. The summed E-state index contributed by atoms with van der Waals surface area (Å²) in [7, 11) is 32.3. The molecule has 0 saturated carbocycles. The van der Waals surface area contributed by atoms with Gasteiger partial charge in [-0.1, -0.05) is 169 Å². The highest BCUT2D eigenvalue weighted by atomic mass is 15.1. The van der Waals surface area contributed by atoms with Crippen molar-refractivity contribution in [3.63, 3.8) is 0 Å². The minimum absolute atomic E-state index is 0.0888. The quantitative estimate of drug-likeness (QED) is 0.157. The fraction of sp³-hybridized carbons (Fsp3) is 0. The van der Waals surface area contributed by atoms with E-state index in [0.29, 0.717) is 40.2 Å². The monoisotopic (exact) mass is 831 g/mol. The normalized spacial score (nSPS) is 11.3. The Kier molecular flexibility index (Phi) is 10.3. The van der Waals surface area contributed by atoms with E-state index >= 15 is 0 Å². The zero-order valence-corrected chi connectivity index (χ0v) is 35.3. The Hall–Kier alpha value is -8.10. The third-order valence-corrected chi connectivity index (χ3v) is 11.8. The molecule has 0 N–H and O–H groups in total. The van der Waals surface area contributed by atoms with Crippen LogP contribution in [0.1, 0.15) is 0 Å². The highest BCUT2D eigenvalue weighted by molar-refractivity contribution is 6.68. The molecule has 3 aromatic heterocycles. The highest BCUT2D eigenvalue weighted by Crippen LogP contribution is 2.41. The van der Waals surface area contributed by atoms with Crippen molar-refractivity contribution in [1.29, 1.82) is 0 Å². The van der Waals surface area contributed by atoms with Gasteiger partial charge in [0.1, 0.15) is 39.2 Å². The molecule has 10 radical (unpaired) electrons. The molecule has 0 aliphatic carbocycles. The molecule has 296 valence electrons. The molecule has 0 bridgehead atoms. The van der Waals surface area contributed by atoms with Crippen LogP contribution in [-0.2, 0) is 0 Å². The third-order valence-electron chi connectivity index (χ3n) is 11.8. The van der Waals surface area contributed by atoms with Crippen LogP contribution < -0.4 is 27.3 Å². The van der Waals surface area contributed by atoms with Gasteiger partial charge in [-0.25, -0.2) is 29.9 Å². The van der Waals surface area contributed by atoms with Crippen LogP contribution in [0.3, 0.4) is 0 Å². The van der Waals surface area contributed by atoms with Gasteiger partial charge in [0.15, 0.2) is 34.9 Å². The molecule has 8 aromatic carbocycles. The number of fused-ring (bicyclic) bond motifs is 3. The molecule has 11 rings (SSSR count). The molecule has 0 amide bonds. The Morgan fingerprint density at radius 1 is 0.303 bits per heavy atom. The van der Waals surface area contributed by atoms with Crippen molar-refractivity contribution in [2.24, 2.45) is 0 Å². The van der Waals surface area contributed by atoms with E-state index in [1.165, 1.54) is 0 Å². The minimum Gasteiger partial charge on any atom is -0.308 e. The second-order valence-corrected chi connectivity index (χ2v) is 15.8. The van der Waals surface area contributed by atoms with Crippen molar-refractivity contribution in [3.8, 4) is 85.1 Å². The molecule has 0 spiro atoms. The van der Waals surface area contributed by atoms with Crippen molar-refractivity contribution in [3.05, 3.63) is 182 Å². The van der Waals surface area contributed by atoms with Crippen LogP contribution in [0.25, 0.3) is 107 Å². The lowest BCUT2D eigenvalue weighted by molar-refractivity contribution is 1.06. The average molecular weight is 831 g/mol. The number of rotatable bonds is 8. The van der Waals surface area contributed by atoms with Gasteiger partial charge in [0, 0.05) is 49.7 Å². The second-order valence-electron chi connectivity index (χ2n) is 15.8. The second kappa shape index (κ2) is 16.8. The number of aromatic nitrogens is 7. The van der Waals surface area contributed by atoms with Crippen molar-refractivity contribution < 1.29 is 0 Å². The van der Waals surface area contributed by atoms with Crippen molar-refractivity contribution in [2.75, 3.05) is 0 Å². The van der Waals surface area contributed by atoms with Gasteiger partial charge in [-0.15, -0.1) is 16.4 Å². The zero-order chi connectivity index (χ0) is 44.9. The van der Waals surface area contributed by atoms with Gasteiger partial charge in [-0.2, -0.15) is 0 Å². The Labute approximate surface area is 388 Å². The van der Waals surface area contributed by atoms with Crippen LogP contribution in [0.5, 0.6) is 0 Å². The molecule has 7 nitrogen and oxygen atoms in total. The minimum atomic E-state index is 0.0888. The standard InChI is InChI=1S/C54H30B5N7/c55-43-42(44(56)46(58)47(59)45(43)57)54-64-51(34-22-11-4-12-23-34)61-52(65-54)35-28-29-41(66-40-27-14-13-24-37(40)38-26-15-25-36(48(38)66)31-16-5-1-6-17-31)39(30-35)53-62-49(32-18-7-2-8-19-32)60-50(63-53)33-20-9-3-10-21-33/h1-30H. The van der Waals surface area contributed by atoms with E-state index in [1.54, 1.807) is 0 Å². The van der Waals surface area contributed by atoms with Crippen LogP contribution in [0, 0.1) is 0 Å². The molecule has 0 fully saturated rings. The maximum atomic E-state index is 6.64. The van der Waals surface area contributed by atoms with Gasteiger partial charge in [-0.05, 0) is 29.8 Å². The van der Waals surface area contributed by atoms with Crippen LogP contribution in [0.4, 0.5) is 0 Å². The highest BCUT2D eigenvalue weighted by Gasteiger charge is 2.24. The molecule has 3 heterocycles. The fourth-order valence-electron chi connectivity index (χ4n) is 8.52. The van der Waals surface area contributed by atoms with E-state index in [0.717, 1.165) is 55.3 Å². The summed E-state index contributed by atoms with van der Waals surface area (Å²) in [4.78, 5) is 30.6. The van der Waals surface area contributed by atoms with E-state index in [9.17, 15) is 0 Å². The Morgan fingerprint density at radius 3 is 1.27 bits per heavy atom. The van der Waals surface area contributed by atoms with E-state index in [-0.39, 0.29) is 38.7 Å². The SMILES string of the molecule is [B]c1c([B])c([B])c(-c2nc(-c3ccccc3)nc(-c3ccc(-n4c5ccccc5c5cccc(-c6ccccc6)c54)c(-c4nc(-c5ccccc5)nc(-c5ccccc5)n4)c3)n2)c([B])c1[B]. The Balaban J connectivity index is 1.24. The Bertz CT molecular complexity index is 3560. The summed E-state index contributed by atoms with van der Waals surface area (Å²) in [6.07, 6.45) is 0. The number of benzene rings is 8. The number of nitrogens with zero attached hydrogens (tertiary/aromatic N) is 7. The van der Waals surface area contributed by atoms with Crippen LogP contribution in [-0.4, -0.2) is 73.7 Å². The van der Waals surface area contributed by atoms with E-state index in [4.69, 9.17) is 69.1 Å². The number of hydrogen-bond acceptors (Lipinski definition) is 6. The van der Waals surface area contributed by atoms with Crippen LogP contribution in [0.15, 0.2) is 182 Å². The van der Waals surface area contributed by atoms with Gasteiger partial charge >= 0.3 is 0 Å². The zero-order valence-electron chi connectivity index (χ0n) is 35.3. The predicted molar refractivity (Wildman–Crippen MR) is 273 cm³/mol. The van der Waals surface area contributed by atoms with Gasteiger partial charge < -0.3 is 4.57 Å². The summed E-state index contributed by atoms with van der Waals surface area (Å²) in [5, 5.41) is 2.19. The van der Waals surface area contributed by atoms with Crippen LogP contribution >= 0.6 is 0 Å². The largest absolute Gasteiger partial charge is 0.308 e. The molecule has 0 aliphatic heterocycles. The first-order valence-electron chi connectivity index (χ1n) is 21.2. The molecule has 0 atom stereocenters. The summed E-state index contributed by atoms with van der Waals surface area (Å²) in [6, 6.07) is 60.8. The smallest absolute Gasteiger partial charge is 0.166 e. The molecule has 0 unspecified atom stereocenters. The van der Waals surface area contributed by atoms with Crippen molar-refractivity contribution in [2.45, 2.75) is 0 Å². The first-order valence-corrected chi connectivity index (χ1v) is 21.2. The van der Waals surface area contributed by atoms with Gasteiger partial charge in [0.25, 0.3) is 0 Å². The van der Waals surface area contributed by atoms with Gasteiger partial charge in [0.05, 0.1) is 16.7 Å². The van der Waals surface area contributed by atoms with Crippen molar-refractivity contribution >= 4 is 88.4 Å². The summed E-state index contributed by atoms with van der Waals surface area (Å²) < 4.78 is 2.30. The topological polar surface area (TPSA) is 82.3 Å². The maximum absolute atomic E-state index is 6.64. The van der Waals surface area contributed by atoms with Crippen molar-refractivity contribution in [1.82, 2.24) is 34.5 Å². The van der Waals surface area contributed by atoms with Gasteiger partial charge in [-0.3, -0.25) is 0 Å². The van der Waals surface area contributed by atoms with E-state index < -0.39 is 0 Å². The first kappa shape index (κ1) is 40.7. The fourth-order valence-corrected chi connectivity index (χ4v) is 8.52. The molecule has 0 aliphatic rings. The molecular weight excluding hydrogens is 801 g/mol. The van der Waals surface area contributed by atoms with Crippen LogP contribution in [0.2, 0.25) is 0 Å². The molecule has 12 heteroatoms. The average Bonchev–Trinajstić information content (AvgIpc) is 3.72. The van der Waals surface area contributed by atoms with Gasteiger partial charge in [0.2, 0.25) is 0 Å². The summed E-state index contributed by atoms with van der Waals surface area (Å²) >= 11 is 0. The molecule has 66 heavy (non-hydrogen) atoms. The number of para-hydroxylation sites is 2. The predicted octanol–water partition coefficient (Wildman–Crippen LogP) is 6.79. The van der Waals surface area contributed by atoms with E-state index in [2.05, 4.69) is 77.4 Å². The molecule has 0 saturated heterocycles. The van der Waals surface area contributed by atoms with E-state index in [1.807, 2.05) is 109 Å². The number of hydrogen-bond donors (Lipinski definition) is 0. The lowest BCUT2D eigenvalue weighted by Gasteiger charge is -2.21. The lowest BCUT2D eigenvalue weighted by atomic mass is 9.60. The maximum Gasteiger partial charge on any atom is 0.166 e. The summed E-state index contributed by atoms with van der Waals surface area (Å²) in [5.41, 5.74) is 9.49. The summed E-state index contributed by atoms with van der Waals surface area (Å²) in [6.45, 7) is 0. The first-order chi connectivity index (χ1) is 32.3.